The van der Waals surface area contributed by atoms with Crippen LogP contribution in [0.25, 0.3) is 10.4 Å². The summed E-state index contributed by atoms with van der Waals surface area (Å²) in [6.45, 7) is 4.92. The minimum absolute atomic E-state index is 0. The fourth-order valence-corrected chi connectivity index (χ4v) is 8.60. The van der Waals surface area contributed by atoms with Gasteiger partial charge in [0.1, 0.15) is 0 Å². The molecule has 26 nitrogen and oxygen atoms in total. The van der Waals surface area contributed by atoms with E-state index < -0.39 is 78.7 Å². The standard InChI is InChI=1S/C12H26N4O10P2.C12H28N2O10P2.H2/c13-16-15-4-6-25-8-10-26-9-7-24-5-3-14-11(17)1-2-12(27(18,19)20)28(21,22)23;13-3-5-22-7-9-24-10-8-23-6-4-14-11(15)1-2-12(25(16,17)18)26(19,20)21;/h12H,1-10H2,(H,14,17)(H2,18,19,20)(H2,21,22,23);12H,1-10,13H2,(H,14,15)(H2,16,17,18)(H2,19,20,21);1H. The SMILES string of the molecule is NCCOCCOCCOCCNC(=O)CCC(P(=O)(O)O)P(=O)(O)O.[HH].[N-]=[N+]=NCCOCCOCCOCCNC(=O)CCC(P(=O)(O)O)P(=O)(O)O. The Labute approximate surface area is 312 Å². The lowest BCUT2D eigenvalue weighted by atomic mass is 10.3. The highest BCUT2D eigenvalue weighted by Gasteiger charge is 2.44. The Kier molecular flexibility index (Phi) is 32.0. The summed E-state index contributed by atoms with van der Waals surface area (Å²) in [5.41, 5.74) is 13.3. The number of carbonyl (C=O) groups excluding carboxylic acids is 2. The predicted molar refractivity (Wildman–Crippen MR) is 190 cm³/mol. The number of carbonyl (C=O) groups is 2. The summed E-state index contributed by atoms with van der Waals surface area (Å²) in [5.74, 6) is -1.20. The maximum Gasteiger partial charge on any atom is 0.340 e. The van der Waals surface area contributed by atoms with E-state index in [0.717, 1.165) is 0 Å². The van der Waals surface area contributed by atoms with E-state index in [4.69, 9.17) is 78.8 Å². The van der Waals surface area contributed by atoms with Gasteiger partial charge in [-0.3, -0.25) is 27.8 Å². The Bertz CT molecular complexity index is 1220. The first-order valence-corrected chi connectivity index (χ1v) is 22.8. The third-order valence-corrected chi connectivity index (χ3v) is 13.8. The average Bonchev–Trinajstić information content (AvgIpc) is 3.03. The van der Waals surface area contributed by atoms with Crippen LogP contribution in [-0.4, -0.2) is 167 Å². The molecule has 0 unspecified atom stereocenters. The monoisotopic (exact) mass is 872 g/mol. The van der Waals surface area contributed by atoms with E-state index in [-0.39, 0.29) is 40.9 Å². The van der Waals surface area contributed by atoms with Gasteiger partial charge in [-0.25, -0.2) is 0 Å². The van der Waals surface area contributed by atoms with Crippen LogP contribution in [0.1, 0.15) is 27.1 Å². The van der Waals surface area contributed by atoms with Crippen LogP contribution in [0.4, 0.5) is 0 Å². The molecule has 12 N–H and O–H groups in total. The highest BCUT2D eigenvalue weighted by atomic mass is 31.2. The summed E-state index contributed by atoms with van der Waals surface area (Å²) in [5, 5.41) is 3.76. The minimum Gasteiger partial charge on any atom is -0.379 e. The van der Waals surface area contributed by atoms with Gasteiger partial charge in [0.2, 0.25) is 11.8 Å². The van der Waals surface area contributed by atoms with E-state index in [1.807, 2.05) is 0 Å². The summed E-state index contributed by atoms with van der Waals surface area (Å²) >= 11 is 0. The van der Waals surface area contributed by atoms with Crippen LogP contribution in [0.2, 0.25) is 0 Å². The third kappa shape index (κ3) is 33.9. The van der Waals surface area contributed by atoms with Crippen molar-refractivity contribution >= 4 is 42.2 Å². The molecule has 322 valence electrons. The van der Waals surface area contributed by atoms with Crippen LogP contribution >= 0.6 is 30.4 Å². The Hall–Kier alpha value is -1.43. The molecule has 0 saturated heterocycles. The zero-order valence-electron chi connectivity index (χ0n) is 29.5. The highest BCUT2D eigenvalue weighted by molar-refractivity contribution is 7.71. The second kappa shape index (κ2) is 31.6. The molecule has 0 atom stereocenters. The number of nitrogens with two attached hydrogens (primary N) is 1. The van der Waals surface area contributed by atoms with Crippen LogP contribution in [0.15, 0.2) is 5.11 Å². The normalized spacial score (nSPS) is 12.3. The van der Waals surface area contributed by atoms with Crippen molar-refractivity contribution in [1.82, 2.24) is 10.6 Å². The fourth-order valence-electron chi connectivity index (χ4n) is 3.60. The molecule has 0 aliphatic heterocycles. The van der Waals surface area contributed by atoms with Crippen LogP contribution in [0.3, 0.4) is 0 Å². The van der Waals surface area contributed by atoms with E-state index >= 15 is 0 Å². The lowest BCUT2D eigenvalue weighted by Crippen LogP contribution is -2.28. The summed E-state index contributed by atoms with van der Waals surface area (Å²) in [7, 11) is -20.1. The van der Waals surface area contributed by atoms with E-state index in [1.165, 1.54) is 0 Å². The largest absolute Gasteiger partial charge is 0.379 e. The molecule has 0 aromatic carbocycles. The van der Waals surface area contributed by atoms with Crippen molar-refractivity contribution in [2.75, 3.05) is 105 Å². The third-order valence-electron chi connectivity index (χ3n) is 6.10. The number of amides is 2. The molecule has 0 heterocycles. The molecule has 0 fully saturated rings. The van der Waals surface area contributed by atoms with Crippen molar-refractivity contribution in [3.8, 4) is 0 Å². The topological polar surface area (TPSA) is 418 Å². The maximum atomic E-state index is 11.6. The Morgan fingerprint density at radius 2 is 0.870 bits per heavy atom. The molecule has 0 aromatic heterocycles. The van der Waals surface area contributed by atoms with Gasteiger partial charge < -0.3 is 83.9 Å². The van der Waals surface area contributed by atoms with Crippen molar-refractivity contribution in [1.29, 1.82) is 0 Å². The highest BCUT2D eigenvalue weighted by Crippen LogP contribution is 2.62. The van der Waals surface area contributed by atoms with E-state index in [9.17, 15) is 27.8 Å². The van der Waals surface area contributed by atoms with Crippen LogP contribution in [0.5, 0.6) is 0 Å². The smallest absolute Gasteiger partial charge is 0.340 e. The van der Waals surface area contributed by atoms with Crippen LogP contribution in [0, 0.1) is 0 Å². The first-order valence-electron chi connectivity index (χ1n) is 16.1. The Morgan fingerprint density at radius 1 is 0.574 bits per heavy atom. The van der Waals surface area contributed by atoms with E-state index in [1.54, 1.807) is 0 Å². The van der Waals surface area contributed by atoms with Gasteiger partial charge in [0.25, 0.3) is 0 Å². The van der Waals surface area contributed by atoms with Gasteiger partial charge in [0, 0.05) is 45.4 Å². The number of hydrogen-bond acceptors (Lipinski definition) is 14. The minimum atomic E-state index is -5.02. The van der Waals surface area contributed by atoms with Gasteiger partial charge in [0.05, 0.1) is 79.3 Å². The van der Waals surface area contributed by atoms with Crippen LogP contribution < -0.4 is 16.4 Å². The molecule has 0 rings (SSSR count). The molecule has 54 heavy (non-hydrogen) atoms. The lowest BCUT2D eigenvalue weighted by molar-refractivity contribution is -0.122. The average molecular weight is 873 g/mol. The molecule has 0 aliphatic carbocycles. The molecule has 0 bridgehead atoms. The number of ether oxygens (including phenoxy) is 6. The van der Waals surface area contributed by atoms with Crippen LogP contribution in [-0.2, 0) is 56.3 Å². The van der Waals surface area contributed by atoms with E-state index in [0.29, 0.717) is 66.0 Å². The van der Waals surface area contributed by atoms with Gasteiger partial charge in [-0.1, -0.05) is 5.11 Å². The molecule has 30 heteroatoms. The first-order chi connectivity index (χ1) is 25.2. The van der Waals surface area contributed by atoms with Crippen molar-refractivity contribution in [3.05, 3.63) is 10.4 Å². The Morgan fingerprint density at radius 3 is 1.17 bits per heavy atom. The fraction of sp³-hybridized carbons (Fsp3) is 0.917. The molecular weight excluding hydrogens is 816 g/mol. The Balaban J connectivity index is -0.000000968. The molecular formula is C24H56N6O20P4. The summed E-state index contributed by atoms with van der Waals surface area (Å²) < 4.78 is 75.4. The van der Waals surface area contributed by atoms with E-state index in [2.05, 4.69) is 20.7 Å². The van der Waals surface area contributed by atoms with Gasteiger partial charge in [-0.2, -0.15) is 0 Å². The lowest BCUT2D eigenvalue weighted by Gasteiger charge is -2.19. The van der Waals surface area contributed by atoms with Gasteiger partial charge in [0.15, 0.2) is 10.8 Å². The van der Waals surface area contributed by atoms with Gasteiger partial charge >= 0.3 is 30.4 Å². The quantitative estimate of drug-likeness (QED) is 0.0121. The number of azide groups is 1. The number of nitrogens with one attached hydrogen (secondary N) is 2. The molecule has 0 radical (unpaired) electrons. The summed E-state index contributed by atoms with van der Waals surface area (Å²) in [6.07, 6.45) is -2.13. The molecule has 0 saturated carbocycles. The number of hydrogen-bond donors (Lipinski definition) is 11. The van der Waals surface area contributed by atoms with Crippen molar-refractivity contribution in [3.63, 3.8) is 0 Å². The maximum absolute atomic E-state index is 11.6. The number of nitrogens with zero attached hydrogens (tertiary/aromatic N) is 3. The van der Waals surface area contributed by atoms with Crippen molar-refractivity contribution in [2.45, 2.75) is 36.5 Å². The molecule has 0 spiro atoms. The predicted octanol–water partition coefficient (Wildman–Crippen LogP) is -1.26. The second-order valence-corrected chi connectivity index (χ2v) is 18.5. The van der Waals surface area contributed by atoms with Crippen molar-refractivity contribution in [2.24, 2.45) is 10.8 Å². The second-order valence-electron chi connectivity index (χ2n) is 10.5. The first kappa shape index (κ1) is 54.7. The molecule has 0 aromatic rings. The number of rotatable bonds is 33. The zero-order valence-corrected chi connectivity index (χ0v) is 33.1. The van der Waals surface area contributed by atoms with Crippen molar-refractivity contribution < 1.29 is 96.8 Å². The van der Waals surface area contributed by atoms with Gasteiger partial charge in [-0.05, 0) is 18.4 Å². The zero-order chi connectivity index (χ0) is 41.5. The summed E-state index contributed by atoms with van der Waals surface area (Å²) in [4.78, 5) is 97.3. The summed E-state index contributed by atoms with van der Waals surface area (Å²) in [6, 6.07) is 0. The van der Waals surface area contributed by atoms with Gasteiger partial charge in [-0.15, -0.1) is 0 Å². The molecule has 2 amide bonds. The molecule has 0 aliphatic rings.